The van der Waals surface area contributed by atoms with E-state index in [2.05, 4.69) is 0 Å². The van der Waals surface area contributed by atoms with E-state index in [4.69, 9.17) is 23.4 Å². The molecule has 25 heteroatoms. The fourth-order valence-electron chi connectivity index (χ4n) is 5.61. The summed E-state index contributed by atoms with van der Waals surface area (Å²) in [6, 6.07) is -2.19. The van der Waals surface area contributed by atoms with Crippen molar-refractivity contribution < 1.29 is 107 Å². The van der Waals surface area contributed by atoms with E-state index in [0.29, 0.717) is 6.42 Å². The summed E-state index contributed by atoms with van der Waals surface area (Å²) in [4.78, 5) is 0. The van der Waals surface area contributed by atoms with E-state index in [1.54, 1.807) is 6.92 Å². The Balaban J connectivity index is 2.57. The highest BCUT2D eigenvalue weighted by Crippen LogP contribution is 2.50. The molecule has 3 rings (SSSR count). The van der Waals surface area contributed by atoms with Gasteiger partial charge in [0.1, 0.15) is 17.2 Å². The van der Waals surface area contributed by atoms with Crippen LogP contribution in [0.4, 0.5) is 79.0 Å². The van der Waals surface area contributed by atoms with E-state index < -0.39 is 136 Å². The molecule has 0 aliphatic carbocycles. The molecule has 61 heavy (non-hydrogen) atoms. The van der Waals surface area contributed by atoms with Crippen LogP contribution in [0.25, 0.3) is 0 Å². The Hall–Kier alpha value is -4.26. The minimum atomic E-state index is -5.79. The Morgan fingerprint density at radius 1 is 0.508 bits per heavy atom. The predicted octanol–water partition coefficient (Wildman–Crippen LogP) is 12.8. The number of alkyl halides is 18. The second-order valence-electron chi connectivity index (χ2n) is 13.9. The van der Waals surface area contributed by atoms with E-state index in [1.165, 1.54) is 27.9 Å². The highest BCUT2D eigenvalue weighted by molar-refractivity contribution is 6.39. The molecule has 6 nitrogen and oxygen atoms in total. The zero-order chi connectivity index (χ0) is 46.9. The van der Waals surface area contributed by atoms with Crippen molar-refractivity contribution >= 4 is 7.32 Å². The summed E-state index contributed by atoms with van der Waals surface area (Å²) in [6.07, 6.45) is -34.8. The molecule has 0 bridgehead atoms. The number of rotatable bonds is 15. The first kappa shape index (κ1) is 51.1. The number of benzene rings is 3. The number of nitrogens with zero attached hydrogens (tertiary/aromatic N) is 1. The zero-order valence-electron chi connectivity index (χ0n) is 32.4. The average molecular weight is 914 g/mol. The summed E-state index contributed by atoms with van der Waals surface area (Å²) in [5.74, 6) is -4.93. The minimum Gasteiger partial charge on any atom is -0.490 e. The standard InChI is InChI=1S/C36H35BF18NO5/c1-7-9-57-19(3)56(5,6)30(4,58-10-8-2)29-27(36(53,54)55)17-24(35(50,51)52)18-28(29)61-37(59-25-13-20(31(38,39)40)11-21(14-25)32(41,42)43)60-26-15-22(33(44,45)46)12-23(16-26)34(47,48)49/h11-19H,7-10H2,1-6H3/q+1. The van der Waals surface area contributed by atoms with Crippen molar-refractivity contribution in [2.45, 2.75) is 89.5 Å². The minimum absolute atomic E-state index is 0.0288. The molecule has 342 valence electrons. The van der Waals surface area contributed by atoms with Crippen LogP contribution in [0.2, 0.25) is 0 Å². The number of hydrogen-bond acceptors (Lipinski definition) is 5. The molecule has 0 heterocycles. The Kier molecular flexibility index (Phi) is 15.0. The molecule has 2 unspecified atom stereocenters. The molecule has 0 aliphatic rings. The molecule has 3 aromatic rings. The first-order valence-electron chi connectivity index (χ1n) is 17.5. The molecule has 0 aromatic heterocycles. The van der Waals surface area contributed by atoms with E-state index in [9.17, 15) is 65.9 Å². The second-order valence-corrected chi connectivity index (χ2v) is 13.9. The van der Waals surface area contributed by atoms with Crippen LogP contribution < -0.4 is 14.0 Å². The lowest BCUT2D eigenvalue weighted by molar-refractivity contribution is -1.01. The van der Waals surface area contributed by atoms with Gasteiger partial charge in [0.2, 0.25) is 5.72 Å². The molecular formula is C36H35BF18NO5+. The Morgan fingerprint density at radius 3 is 1.20 bits per heavy atom. The van der Waals surface area contributed by atoms with Gasteiger partial charge in [-0.25, -0.2) is 0 Å². The molecule has 2 atom stereocenters. The topological polar surface area (TPSA) is 46.2 Å². The summed E-state index contributed by atoms with van der Waals surface area (Å²) < 4.78 is 280. The molecule has 0 aliphatic heterocycles. The van der Waals surface area contributed by atoms with Gasteiger partial charge in [0.15, 0.2) is 6.23 Å². The molecule has 0 amide bonds. The summed E-state index contributed by atoms with van der Waals surface area (Å²) in [6.45, 7) is 4.88. The Labute approximate surface area is 336 Å². The van der Waals surface area contributed by atoms with E-state index in [0.717, 1.165) is 6.92 Å². The van der Waals surface area contributed by atoms with Crippen molar-refractivity contribution in [3.63, 3.8) is 0 Å². The van der Waals surface area contributed by atoms with Gasteiger partial charge in [-0.2, -0.15) is 79.0 Å². The van der Waals surface area contributed by atoms with Crippen LogP contribution in [0.5, 0.6) is 17.2 Å². The maximum absolute atomic E-state index is 15.1. The van der Waals surface area contributed by atoms with Gasteiger partial charge in [-0.3, -0.25) is 4.48 Å². The fourth-order valence-corrected chi connectivity index (χ4v) is 5.61. The fraction of sp³-hybridized carbons (Fsp3) is 0.500. The maximum Gasteiger partial charge on any atom is 0.864 e. The molecule has 3 aromatic carbocycles. The van der Waals surface area contributed by atoms with Crippen LogP contribution in [0, 0.1) is 0 Å². The zero-order valence-corrected chi connectivity index (χ0v) is 32.4. The van der Waals surface area contributed by atoms with Crippen LogP contribution >= 0.6 is 0 Å². The maximum atomic E-state index is 15.1. The number of halogens is 18. The van der Waals surface area contributed by atoms with Gasteiger partial charge >= 0.3 is 44.4 Å². The smallest absolute Gasteiger partial charge is 0.490 e. The summed E-state index contributed by atoms with van der Waals surface area (Å²) in [5, 5.41) is 0. The molecule has 0 saturated heterocycles. The molecular weight excluding hydrogens is 879 g/mol. The number of quaternary nitrogens is 1. The normalized spacial score (nSPS) is 15.0. The third-order valence-electron chi connectivity index (χ3n) is 9.17. The first-order chi connectivity index (χ1) is 27.5. The van der Waals surface area contributed by atoms with Crippen LogP contribution in [0.15, 0.2) is 48.5 Å². The van der Waals surface area contributed by atoms with Gasteiger partial charge in [0.25, 0.3) is 0 Å². The van der Waals surface area contributed by atoms with Crippen LogP contribution in [-0.4, -0.2) is 45.3 Å². The van der Waals surface area contributed by atoms with Crippen LogP contribution in [0.3, 0.4) is 0 Å². The van der Waals surface area contributed by atoms with Crippen molar-refractivity contribution in [1.82, 2.24) is 0 Å². The number of ether oxygens (including phenoxy) is 2. The van der Waals surface area contributed by atoms with Crippen LogP contribution in [0.1, 0.15) is 79.5 Å². The monoisotopic (exact) mass is 914 g/mol. The largest absolute Gasteiger partial charge is 0.864 e. The lowest BCUT2D eigenvalue weighted by Crippen LogP contribution is -2.63. The highest BCUT2D eigenvalue weighted by atomic mass is 19.4. The van der Waals surface area contributed by atoms with Gasteiger partial charge in [0.05, 0.1) is 66.3 Å². The van der Waals surface area contributed by atoms with Crippen molar-refractivity contribution in [1.29, 1.82) is 0 Å². The molecule has 0 spiro atoms. The average Bonchev–Trinajstić information content (AvgIpc) is 3.09. The first-order valence-corrected chi connectivity index (χ1v) is 17.5. The van der Waals surface area contributed by atoms with Crippen molar-refractivity contribution in [2.24, 2.45) is 0 Å². The van der Waals surface area contributed by atoms with Gasteiger partial charge in [-0.15, -0.1) is 0 Å². The quantitative estimate of drug-likeness (QED) is 0.0658. The third kappa shape index (κ3) is 12.4. The SMILES string of the molecule is CCCOC(C)[N+](C)(C)C(C)(OCCC)c1c(OB(Oc2cc(C(F)(F)F)cc(C(F)(F)F)c2)Oc2cc(C(F)(F)F)cc(C(F)(F)F)c2)cc(C(F)(F)F)cc1C(F)(F)F. The molecule has 0 N–H and O–H groups in total. The number of hydrogen-bond donors (Lipinski definition) is 0. The van der Waals surface area contributed by atoms with Crippen molar-refractivity contribution in [3.8, 4) is 17.2 Å². The highest BCUT2D eigenvalue weighted by Gasteiger charge is 2.56. The van der Waals surface area contributed by atoms with E-state index >= 15 is 13.2 Å². The van der Waals surface area contributed by atoms with Crippen LogP contribution in [-0.2, 0) is 52.3 Å². The Bertz CT molecular complexity index is 1830. The van der Waals surface area contributed by atoms with Gasteiger partial charge in [0, 0.05) is 13.8 Å². The molecule has 0 radical (unpaired) electrons. The summed E-state index contributed by atoms with van der Waals surface area (Å²) >= 11 is 0. The van der Waals surface area contributed by atoms with Gasteiger partial charge in [-0.05, 0) is 61.4 Å². The van der Waals surface area contributed by atoms with Crippen molar-refractivity contribution in [3.05, 3.63) is 87.5 Å². The van der Waals surface area contributed by atoms with E-state index in [1.807, 2.05) is 0 Å². The third-order valence-corrected chi connectivity index (χ3v) is 9.17. The van der Waals surface area contributed by atoms with Crippen molar-refractivity contribution in [2.75, 3.05) is 27.3 Å². The molecule has 0 fully saturated rings. The predicted molar refractivity (Wildman–Crippen MR) is 178 cm³/mol. The van der Waals surface area contributed by atoms with E-state index in [-0.39, 0.29) is 49.4 Å². The lowest BCUT2D eigenvalue weighted by Gasteiger charge is -2.50. The summed E-state index contributed by atoms with van der Waals surface area (Å²) in [5.41, 5.74) is -16.8. The molecule has 0 saturated carbocycles. The summed E-state index contributed by atoms with van der Waals surface area (Å²) in [7, 11) is -0.979. The Morgan fingerprint density at radius 2 is 0.869 bits per heavy atom. The van der Waals surface area contributed by atoms with Gasteiger partial charge in [-0.1, -0.05) is 13.8 Å². The lowest BCUT2D eigenvalue weighted by atomic mass is 9.90. The second kappa shape index (κ2) is 17.8. The van der Waals surface area contributed by atoms with Gasteiger partial charge < -0.3 is 23.4 Å².